The average Bonchev–Trinajstić information content (AvgIpc) is 2.29. The summed E-state index contributed by atoms with van der Waals surface area (Å²) in [5, 5.41) is 7.34. The van der Waals surface area contributed by atoms with Gasteiger partial charge in [0.1, 0.15) is 17.6 Å². The van der Waals surface area contributed by atoms with Crippen LogP contribution in [-0.4, -0.2) is 16.9 Å². The molecule has 17 heavy (non-hydrogen) atoms. The number of nitrogen functional groups attached to an aromatic ring is 1. The Balaban J connectivity index is 2.02. The van der Waals surface area contributed by atoms with Crippen molar-refractivity contribution in [3.05, 3.63) is 23.9 Å². The van der Waals surface area contributed by atoms with Crippen molar-refractivity contribution in [2.75, 3.05) is 0 Å². The van der Waals surface area contributed by atoms with Gasteiger partial charge in [-0.2, -0.15) is 0 Å². The fourth-order valence-electron chi connectivity index (χ4n) is 2.29. The quantitative estimate of drug-likeness (QED) is 0.621. The van der Waals surface area contributed by atoms with Crippen LogP contribution >= 0.6 is 0 Å². The van der Waals surface area contributed by atoms with Gasteiger partial charge < -0.3 is 10.5 Å². The number of ether oxygens (including phenoxy) is 1. The first-order valence-corrected chi connectivity index (χ1v) is 6.13. The largest absolute Gasteiger partial charge is 0.474 e. The van der Waals surface area contributed by atoms with E-state index >= 15 is 0 Å². The summed E-state index contributed by atoms with van der Waals surface area (Å²) in [7, 11) is 0. The van der Waals surface area contributed by atoms with E-state index in [2.05, 4.69) is 11.9 Å². The summed E-state index contributed by atoms with van der Waals surface area (Å²) in [5.41, 5.74) is 5.88. The molecule has 0 amide bonds. The maximum absolute atomic E-state index is 7.34. The number of aromatic nitrogens is 1. The number of nitrogens with zero attached hydrogens (tertiary/aromatic N) is 1. The summed E-state index contributed by atoms with van der Waals surface area (Å²) in [5.74, 6) is 1.29. The lowest BCUT2D eigenvalue weighted by molar-refractivity contribution is 0.124. The molecule has 92 valence electrons. The number of nitrogens with one attached hydrogen (secondary N) is 1. The zero-order valence-corrected chi connectivity index (χ0v) is 10.1. The molecule has 1 aromatic rings. The Morgan fingerprint density at radius 1 is 1.47 bits per heavy atom. The summed E-state index contributed by atoms with van der Waals surface area (Å²) in [6.45, 7) is 2.26. The van der Waals surface area contributed by atoms with E-state index in [0.717, 1.165) is 18.8 Å². The van der Waals surface area contributed by atoms with Crippen LogP contribution in [0.5, 0.6) is 5.88 Å². The molecule has 4 nitrogen and oxygen atoms in total. The minimum atomic E-state index is -0.0209. The molecule has 1 saturated carbocycles. The highest BCUT2D eigenvalue weighted by molar-refractivity contribution is 5.93. The SMILES string of the molecule is CC1CCCC(Oc2cccc(C(=N)N)n2)C1. The zero-order valence-electron chi connectivity index (χ0n) is 10.1. The number of nitrogens with two attached hydrogens (primary N) is 1. The van der Waals surface area contributed by atoms with E-state index < -0.39 is 0 Å². The third kappa shape index (κ3) is 3.19. The third-order valence-corrected chi connectivity index (χ3v) is 3.18. The summed E-state index contributed by atoms with van der Waals surface area (Å²) < 4.78 is 5.85. The molecule has 1 fully saturated rings. The molecule has 0 spiro atoms. The van der Waals surface area contributed by atoms with E-state index in [1.165, 1.54) is 12.8 Å². The van der Waals surface area contributed by atoms with Crippen LogP contribution in [0.1, 0.15) is 38.3 Å². The standard InChI is InChI=1S/C13H19N3O/c1-9-4-2-5-10(8-9)17-12-7-3-6-11(16-12)13(14)15/h3,6-7,9-10H,2,4-5,8H2,1H3,(H3,14,15). The van der Waals surface area contributed by atoms with Crippen LogP contribution in [0.15, 0.2) is 18.2 Å². The monoisotopic (exact) mass is 233 g/mol. The Morgan fingerprint density at radius 3 is 3.00 bits per heavy atom. The molecule has 3 N–H and O–H groups in total. The predicted octanol–water partition coefficient (Wildman–Crippen LogP) is 2.32. The van der Waals surface area contributed by atoms with E-state index in [9.17, 15) is 0 Å². The molecule has 0 radical (unpaired) electrons. The van der Waals surface area contributed by atoms with Gasteiger partial charge in [0.15, 0.2) is 0 Å². The molecule has 0 bridgehead atoms. The highest BCUT2D eigenvalue weighted by atomic mass is 16.5. The molecule has 2 rings (SSSR count). The molecule has 0 saturated heterocycles. The van der Waals surface area contributed by atoms with E-state index in [1.807, 2.05) is 12.1 Å². The van der Waals surface area contributed by atoms with Crippen LogP contribution in [-0.2, 0) is 0 Å². The Morgan fingerprint density at radius 2 is 2.29 bits per heavy atom. The molecular weight excluding hydrogens is 214 g/mol. The number of pyridine rings is 1. The van der Waals surface area contributed by atoms with Crippen molar-refractivity contribution in [2.24, 2.45) is 11.7 Å². The van der Waals surface area contributed by atoms with Crippen LogP contribution in [0.25, 0.3) is 0 Å². The van der Waals surface area contributed by atoms with Crippen molar-refractivity contribution in [3.63, 3.8) is 0 Å². The third-order valence-electron chi connectivity index (χ3n) is 3.18. The molecule has 0 aromatic carbocycles. The number of hydrogen-bond donors (Lipinski definition) is 2. The zero-order chi connectivity index (χ0) is 12.3. The van der Waals surface area contributed by atoms with Gasteiger partial charge in [0.2, 0.25) is 5.88 Å². The predicted molar refractivity (Wildman–Crippen MR) is 67.3 cm³/mol. The molecule has 0 aliphatic heterocycles. The fourth-order valence-corrected chi connectivity index (χ4v) is 2.29. The van der Waals surface area contributed by atoms with Gasteiger partial charge in [0, 0.05) is 6.07 Å². The van der Waals surface area contributed by atoms with Gasteiger partial charge in [-0.05, 0) is 31.2 Å². The van der Waals surface area contributed by atoms with Crippen molar-refractivity contribution in [3.8, 4) is 5.88 Å². The van der Waals surface area contributed by atoms with Gasteiger partial charge in [-0.1, -0.05) is 19.4 Å². The van der Waals surface area contributed by atoms with Crippen molar-refractivity contribution in [1.29, 1.82) is 5.41 Å². The highest BCUT2D eigenvalue weighted by Gasteiger charge is 2.20. The van der Waals surface area contributed by atoms with Gasteiger partial charge in [0.25, 0.3) is 0 Å². The molecular formula is C13H19N3O. The summed E-state index contributed by atoms with van der Waals surface area (Å²) in [6, 6.07) is 5.37. The van der Waals surface area contributed by atoms with Gasteiger partial charge >= 0.3 is 0 Å². The number of hydrogen-bond acceptors (Lipinski definition) is 3. The second-order valence-electron chi connectivity index (χ2n) is 4.79. The Labute approximate surface area is 102 Å². The molecule has 1 heterocycles. The van der Waals surface area contributed by atoms with Crippen LogP contribution in [0.4, 0.5) is 0 Å². The maximum Gasteiger partial charge on any atom is 0.214 e. The minimum Gasteiger partial charge on any atom is -0.474 e. The van der Waals surface area contributed by atoms with Crippen molar-refractivity contribution in [2.45, 2.75) is 38.7 Å². The number of amidine groups is 1. The fraction of sp³-hybridized carbons (Fsp3) is 0.538. The van der Waals surface area contributed by atoms with Gasteiger partial charge in [-0.15, -0.1) is 0 Å². The molecule has 1 aliphatic rings. The topological polar surface area (TPSA) is 72.0 Å². The first kappa shape index (κ1) is 11.9. The summed E-state index contributed by atoms with van der Waals surface area (Å²) in [6.07, 6.45) is 4.95. The van der Waals surface area contributed by atoms with Gasteiger partial charge in [-0.25, -0.2) is 4.98 Å². The average molecular weight is 233 g/mol. The summed E-state index contributed by atoms with van der Waals surface area (Å²) >= 11 is 0. The number of rotatable bonds is 3. The second kappa shape index (κ2) is 5.17. The molecule has 4 heteroatoms. The van der Waals surface area contributed by atoms with Gasteiger partial charge in [-0.3, -0.25) is 5.41 Å². The maximum atomic E-state index is 7.34. The Bertz CT molecular complexity index is 405. The van der Waals surface area contributed by atoms with Crippen LogP contribution in [0, 0.1) is 11.3 Å². The lowest BCUT2D eigenvalue weighted by Gasteiger charge is -2.26. The van der Waals surface area contributed by atoms with Crippen molar-refractivity contribution in [1.82, 2.24) is 4.98 Å². The highest BCUT2D eigenvalue weighted by Crippen LogP contribution is 2.26. The lowest BCUT2D eigenvalue weighted by atomic mass is 9.89. The lowest BCUT2D eigenvalue weighted by Crippen LogP contribution is -2.24. The Hall–Kier alpha value is -1.58. The Kier molecular flexibility index (Phi) is 3.61. The van der Waals surface area contributed by atoms with Crippen LogP contribution in [0.2, 0.25) is 0 Å². The smallest absolute Gasteiger partial charge is 0.214 e. The van der Waals surface area contributed by atoms with Crippen molar-refractivity contribution < 1.29 is 4.74 Å². The molecule has 2 unspecified atom stereocenters. The molecule has 1 aromatic heterocycles. The van der Waals surface area contributed by atoms with Crippen LogP contribution in [0.3, 0.4) is 0 Å². The second-order valence-corrected chi connectivity index (χ2v) is 4.79. The first-order valence-electron chi connectivity index (χ1n) is 6.13. The van der Waals surface area contributed by atoms with Crippen molar-refractivity contribution >= 4 is 5.84 Å². The first-order chi connectivity index (χ1) is 8.15. The van der Waals surface area contributed by atoms with E-state index in [-0.39, 0.29) is 11.9 Å². The minimum absolute atomic E-state index is 0.0209. The van der Waals surface area contributed by atoms with E-state index in [4.69, 9.17) is 15.9 Å². The van der Waals surface area contributed by atoms with Gasteiger partial charge in [0.05, 0.1) is 0 Å². The molecule has 2 atom stereocenters. The summed E-state index contributed by atoms with van der Waals surface area (Å²) in [4.78, 5) is 4.22. The normalized spacial score (nSPS) is 24.3. The molecule has 1 aliphatic carbocycles. The van der Waals surface area contributed by atoms with E-state index in [0.29, 0.717) is 11.6 Å². The van der Waals surface area contributed by atoms with Crippen LogP contribution < -0.4 is 10.5 Å². The van der Waals surface area contributed by atoms with E-state index in [1.54, 1.807) is 6.07 Å².